The molecule has 1 aliphatic carbocycles. The van der Waals surface area contributed by atoms with Crippen molar-refractivity contribution >= 4 is 61.6 Å². The molecule has 0 radical (unpaired) electrons. The van der Waals surface area contributed by atoms with Crippen LogP contribution in [-0.4, -0.2) is 14.5 Å². The Morgan fingerprint density at radius 1 is 0.388 bits per heavy atom. The van der Waals surface area contributed by atoms with Gasteiger partial charge in [-0.05, 0) is 0 Å². The third kappa shape index (κ3) is 4.25. The predicted molar refractivity (Wildman–Crippen MR) is 208 cm³/mol. The van der Waals surface area contributed by atoms with Crippen molar-refractivity contribution in [3.63, 3.8) is 0 Å². The summed E-state index contributed by atoms with van der Waals surface area (Å²) in [6.07, 6.45) is 0. The van der Waals surface area contributed by atoms with E-state index in [-0.39, 0.29) is 14.5 Å². The van der Waals surface area contributed by atoms with E-state index < -0.39 is 5.41 Å². The molecule has 1 heterocycles. The summed E-state index contributed by atoms with van der Waals surface area (Å²) < 4.78 is 2.95. The van der Waals surface area contributed by atoms with Gasteiger partial charge >= 0.3 is 275 Å². The van der Waals surface area contributed by atoms with Gasteiger partial charge in [0.15, 0.2) is 0 Å². The number of nitrogens with zero attached hydrogens (tertiary/aromatic N) is 1. The standard InChI is InChI=1S/C47H31NSe/c1-3-15-33(16-4-1)47(43-24-11-9-22-39(43)40-23-10-12-25-44(40)47)34-17-13-20-36(30-34)48(35-18-5-2-6-19-35)37-27-29-45-42(31-37)41-28-26-32-14-7-8-21-38(32)46(41)49-45/h1-31H. The summed E-state index contributed by atoms with van der Waals surface area (Å²) in [4.78, 5) is 2.43. The molecule has 0 atom stereocenters. The summed E-state index contributed by atoms with van der Waals surface area (Å²) in [5, 5.41) is 5.43. The molecule has 230 valence electrons. The monoisotopic (exact) mass is 689 g/mol. The minimum atomic E-state index is -0.451. The van der Waals surface area contributed by atoms with Crippen LogP contribution in [-0.2, 0) is 5.41 Å². The van der Waals surface area contributed by atoms with Crippen LogP contribution in [0.3, 0.4) is 0 Å². The molecule has 0 fully saturated rings. The zero-order valence-corrected chi connectivity index (χ0v) is 28.5. The molecule has 0 N–H and O–H groups in total. The van der Waals surface area contributed by atoms with Gasteiger partial charge in [0.25, 0.3) is 0 Å². The predicted octanol–water partition coefficient (Wildman–Crippen LogP) is 12.0. The number of hydrogen-bond acceptors (Lipinski definition) is 1. The third-order valence-corrected chi connectivity index (χ3v) is 12.9. The number of anilines is 3. The van der Waals surface area contributed by atoms with E-state index in [1.807, 2.05) is 0 Å². The van der Waals surface area contributed by atoms with Crippen molar-refractivity contribution in [1.82, 2.24) is 0 Å². The Balaban J connectivity index is 1.22. The van der Waals surface area contributed by atoms with Crippen molar-refractivity contribution in [2.45, 2.75) is 5.41 Å². The number of fused-ring (bicyclic) bond motifs is 8. The zero-order chi connectivity index (χ0) is 32.4. The molecule has 0 amide bonds. The Bertz CT molecular complexity index is 2630. The zero-order valence-electron chi connectivity index (χ0n) is 26.8. The number of para-hydroxylation sites is 1. The Morgan fingerprint density at radius 3 is 1.78 bits per heavy atom. The van der Waals surface area contributed by atoms with Crippen LogP contribution < -0.4 is 4.90 Å². The van der Waals surface area contributed by atoms with E-state index in [9.17, 15) is 0 Å². The van der Waals surface area contributed by atoms with Crippen LogP contribution in [0, 0.1) is 0 Å². The molecule has 0 saturated carbocycles. The van der Waals surface area contributed by atoms with Crippen molar-refractivity contribution in [2.75, 3.05) is 4.90 Å². The van der Waals surface area contributed by atoms with Crippen LogP contribution in [0.4, 0.5) is 17.1 Å². The number of benzene rings is 8. The van der Waals surface area contributed by atoms with Gasteiger partial charge in [0.05, 0.1) is 0 Å². The van der Waals surface area contributed by atoms with E-state index in [0.29, 0.717) is 0 Å². The maximum atomic E-state index is 2.43. The molecule has 0 unspecified atom stereocenters. The van der Waals surface area contributed by atoms with Crippen molar-refractivity contribution in [3.05, 3.63) is 210 Å². The molecule has 1 nitrogen and oxygen atoms in total. The second-order valence-electron chi connectivity index (χ2n) is 12.9. The van der Waals surface area contributed by atoms with E-state index >= 15 is 0 Å². The van der Waals surface area contributed by atoms with Crippen LogP contribution in [0.1, 0.15) is 22.3 Å². The van der Waals surface area contributed by atoms with Crippen LogP contribution >= 0.6 is 0 Å². The minimum absolute atomic E-state index is 0.271. The fourth-order valence-electron chi connectivity index (χ4n) is 8.25. The molecule has 9 aromatic rings. The van der Waals surface area contributed by atoms with Gasteiger partial charge in [-0.2, -0.15) is 0 Å². The van der Waals surface area contributed by atoms with Gasteiger partial charge in [-0.15, -0.1) is 0 Å². The molecular weight excluding hydrogens is 657 g/mol. The van der Waals surface area contributed by atoms with Crippen LogP contribution in [0.5, 0.6) is 0 Å². The topological polar surface area (TPSA) is 3.24 Å². The first-order valence-corrected chi connectivity index (χ1v) is 18.6. The molecule has 10 rings (SSSR count). The average molecular weight is 689 g/mol. The first-order chi connectivity index (χ1) is 24.3. The van der Waals surface area contributed by atoms with Crippen molar-refractivity contribution < 1.29 is 0 Å². The van der Waals surface area contributed by atoms with Crippen LogP contribution in [0.2, 0.25) is 0 Å². The van der Waals surface area contributed by atoms with E-state index in [2.05, 4.69) is 193 Å². The van der Waals surface area contributed by atoms with E-state index in [0.717, 1.165) is 11.4 Å². The van der Waals surface area contributed by atoms with Crippen molar-refractivity contribution in [3.8, 4) is 11.1 Å². The van der Waals surface area contributed by atoms with Gasteiger partial charge < -0.3 is 0 Å². The number of hydrogen-bond donors (Lipinski definition) is 0. The third-order valence-electron chi connectivity index (χ3n) is 10.3. The Kier molecular flexibility index (Phi) is 6.49. The SMILES string of the molecule is c1ccc(N(c2cccc(C3(c4ccccc4)c4ccccc4-c4ccccc43)c2)c2ccc3[se]c4c5ccccc5ccc4c3c2)cc1. The van der Waals surface area contributed by atoms with Gasteiger partial charge in [-0.3, -0.25) is 0 Å². The molecule has 0 aliphatic heterocycles. The van der Waals surface area contributed by atoms with E-state index in [1.165, 1.54) is 69.1 Å². The van der Waals surface area contributed by atoms with Gasteiger partial charge in [0.2, 0.25) is 0 Å². The normalized spacial score (nSPS) is 13.1. The maximum absolute atomic E-state index is 2.43. The molecular formula is C47H31NSe. The fraction of sp³-hybridized carbons (Fsp3) is 0.0213. The van der Waals surface area contributed by atoms with E-state index in [4.69, 9.17) is 0 Å². The molecule has 2 heteroatoms. The second-order valence-corrected chi connectivity index (χ2v) is 15.1. The number of rotatable bonds is 5. The molecule has 1 aromatic heterocycles. The summed E-state index contributed by atoms with van der Waals surface area (Å²) in [7, 11) is 0. The van der Waals surface area contributed by atoms with Gasteiger partial charge in [0.1, 0.15) is 0 Å². The Hall–Kier alpha value is -5.66. The van der Waals surface area contributed by atoms with Crippen LogP contribution in [0.15, 0.2) is 188 Å². The summed E-state index contributed by atoms with van der Waals surface area (Å²) in [6.45, 7) is 0. The molecule has 8 aromatic carbocycles. The van der Waals surface area contributed by atoms with Gasteiger partial charge in [-0.1, -0.05) is 18.2 Å². The second kappa shape index (κ2) is 11.2. The molecule has 0 bridgehead atoms. The summed E-state index contributed by atoms with van der Waals surface area (Å²) in [5.74, 6) is 0. The summed E-state index contributed by atoms with van der Waals surface area (Å²) >= 11 is 0.271. The molecule has 1 aliphatic rings. The first-order valence-electron chi connectivity index (χ1n) is 16.9. The van der Waals surface area contributed by atoms with Gasteiger partial charge in [0, 0.05) is 0 Å². The first kappa shape index (κ1) is 28.4. The molecule has 0 saturated heterocycles. The van der Waals surface area contributed by atoms with Crippen molar-refractivity contribution in [1.29, 1.82) is 0 Å². The Labute approximate surface area is 292 Å². The van der Waals surface area contributed by atoms with E-state index in [1.54, 1.807) is 0 Å². The summed E-state index contributed by atoms with van der Waals surface area (Å²) in [6, 6.07) is 69.6. The molecule has 0 spiro atoms. The Morgan fingerprint density at radius 2 is 1.00 bits per heavy atom. The molecule has 49 heavy (non-hydrogen) atoms. The van der Waals surface area contributed by atoms with Crippen molar-refractivity contribution in [2.24, 2.45) is 0 Å². The van der Waals surface area contributed by atoms with Crippen LogP contribution in [0.25, 0.3) is 41.2 Å². The van der Waals surface area contributed by atoms with Gasteiger partial charge in [-0.25, -0.2) is 0 Å². The average Bonchev–Trinajstić information content (AvgIpc) is 3.70. The quantitative estimate of drug-likeness (QED) is 0.163. The summed E-state index contributed by atoms with van der Waals surface area (Å²) in [5.41, 5.74) is 10.8. The fourth-order valence-corrected chi connectivity index (χ4v) is 10.8.